The van der Waals surface area contributed by atoms with E-state index >= 15 is 0 Å². The molecule has 0 aliphatic carbocycles. The van der Waals surface area contributed by atoms with Gasteiger partial charge in [-0.1, -0.05) is 0 Å². The van der Waals surface area contributed by atoms with E-state index in [0.29, 0.717) is 0 Å². The normalized spacial score (nSPS) is 4.80. The predicted octanol–water partition coefficient (Wildman–Crippen LogP) is -1.39. The van der Waals surface area contributed by atoms with Crippen molar-refractivity contribution in [2.24, 2.45) is 0 Å². The summed E-state index contributed by atoms with van der Waals surface area (Å²) in [5.41, 5.74) is 0. The average Bonchev–Trinajstić information content (AvgIpc) is 1.25. The van der Waals surface area contributed by atoms with Crippen LogP contribution in [0.1, 0.15) is 0 Å². The van der Waals surface area contributed by atoms with Gasteiger partial charge in [-0.3, -0.25) is 0 Å². The van der Waals surface area contributed by atoms with Gasteiger partial charge in [-0.25, -0.2) is 9.59 Å². The van der Waals surface area contributed by atoms with Crippen LogP contribution in [0, 0.1) is 0 Å². The van der Waals surface area contributed by atoms with Crippen LogP contribution < -0.4 is 0 Å². The van der Waals surface area contributed by atoms with Gasteiger partial charge < -0.3 is 20.4 Å². The van der Waals surface area contributed by atoms with Crippen LogP contribution in [-0.2, 0) is 0 Å². The van der Waals surface area contributed by atoms with Crippen molar-refractivity contribution < 1.29 is 30.0 Å². The fourth-order valence-electron chi connectivity index (χ4n) is 0. The zero-order chi connectivity index (χ0) is 7.15. The zero-order valence-electron chi connectivity index (χ0n) is 3.61. The average molecular weight is 256 g/mol. The minimum absolute atomic E-state index is 0. The van der Waals surface area contributed by atoms with E-state index in [2.05, 4.69) is 0 Å². The molecule has 0 unspecified atom stereocenters. The third kappa shape index (κ3) is 388. The van der Waals surface area contributed by atoms with Crippen molar-refractivity contribution in [2.45, 2.75) is 0 Å². The first kappa shape index (κ1) is 22.5. The molecule has 0 aromatic rings. The number of carboxylic acid groups (broad SMARTS) is 4. The van der Waals surface area contributed by atoms with Crippen LogP contribution in [0.4, 0.5) is 9.59 Å². The second-order valence-electron chi connectivity index (χ2n) is 0.565. The third-order valence-corrected chi connectivity index (χ3v) is 0. The second kappa shape index (κ2) is 16.7. The molecule has 0 saturated carbocycles. The SMILES string of the molecule is O=C(O)O.O=C(O)O.[CaH2].[SrH2]. The van der Waals surface area contributed by atoms with Gasteiger partial charge in [0.15, 0.2) is 0 Å². The van der Waals surface area contributed by atoms with Gasteiger partial charge in [-0.05, 0) is 0 Å². The quantitative estimate of drug-likeness (QED) is 0.396. The molecule has 0 spiro atoms. The van der Waals surface area contributed by atoms with E-state index in [9.17, 15) is 0 Å². The molecule has 0 radical (unpaired) electrons. The summed E-state index contributed by atoms with van der Waals surface area (Å²) < 4.78 is 0. The molecule has 0 fully saturated rings. The predicted molar refractivity (Wildman–Crippen MR) is 38.4 cm³/mol. The third-order valence-electron chi connectivity index (χ3n) is 0. The number of carbonyl (C=O) groups is 2. The van der Waals surface area contributed by atoms with Crippen molar-refractivity contribution in [2.75, 3.05) is 0 Å². The van der Waals surface area contributed by atoms with Crippen LogP contribution in [-0.4, -0.2) is 116 Å². The maximum absolute atomic E-state index is 8.56. The summed E-state index contributed by atoms with van der Waals surface area (Å²) in [6.45, 7) is 0. The zero-order valence-corrected chi connectivity index (χ0v) is 3.61. The summed E-state index contributed by atoms with van der Waals surface area (Å²) in [5, 5.41) is 27.9. The molecule has 0 amide bonds. The Morgan fingerprint density at radius 1 is 0.800 bits per heavy atom. The molecule has 0 saturated heterocycles. The molecule has 6 nitrogen and oxygen atoms in total. The monoisotopic (exact) mass is 256 g/mol. The summed E-state index contributed by atoms with van der Waals surface area (Å²) in [6.07, 6.45) is -3.67. The molecule has 0 bridgehead atoms. The first-order valence-electron chi connectivity index (χ1n) is 1.30. The Bertz CT molecular complexity index is 73.7. The first-order chi connectivity index (χ1) is 3.46. The van der Waals surface area contributed by atoms with Gasteiger partial charge in [0, 0.05) is 0 Å². The molecule has 0 aromatic carbocycles. The van der Waals surface area contributed by atoms with E-state index in [4.69, 9.17) is 30.0 Å². The van der Waals surface area contributed by atoms with Gasteiger partial charge in [0.05, 0.1) is 0 Å². The topological polar surface area (TPSA) is 115 Å². The minimum atomic E-state index is -1.83. The molecule has 0 aliphatic rings. The Morgan fingerprint density at radius 2 is 0.800 bits per heavy atom. The van der Waals surface area contributed by atoms with Crippen LogP contribution in [0.5, 0.6) is 0 Å². The van der Waals surface area contributed by atoms with Gasteiger partial charge >= 0.3 is 95.5 Å². The van der Waals surface area contributed by atoms with Gasteiger partial charge in [0.2, 0.25) is 0 Å². The van der Waals surface area contributed by atoms with Crippen molar-refractivity contribution in [3.63, 3.8) is 0 Å². The Kier molecular flexibility index (Phi) is 37.6. The van der Waals surface area contributed by atoms with Crippen molar-refractivity contribution in [3.8, 4) is 0 Å². The Morgan fingerprint density at radius 3 is 0.800 bits per heavy atom. The second-order valence-corrected chi connectivity index (χ2v) is 0.565. The first-order valence-corrected chi connectivity index (χ1v) is 1.30. The van der Waals surface area contributed by atoms with E-state index in [-0.39, 0.29) is 83.2 Å². The molecule has 0 heterocycles. The van der Waals surface area contributed by atoms with E-state index in [0.717, 1.165) is 0 Å². The molecule has 8 heteroatoms. The summed E-state index contributed by atoms with van der Waals surface area (Å²) in [4.78, 5) is 17.1. The van der Waals surface area contributed by atoms with Crippen LogP contribution in [0.2, 0.25) is 0 Å². The fraction of sp³-hybridized carbons (Fsp3) is 0. The number of hydrogen-bond acceptors (Lipinski definition) is 2. The Labute approximate surface area is 123 Å². The van der Waals surface area contributed by atoms with E-state index < -0.39 is 12.3 Å². The molecular formula is C2H8CaO6Sr. The van der Waals surface area contributed by atoms with Crippen molar-refractivity contribution in [1.82, 2.24) is 0 Å². The molecule has 4 N–H and O–H groups in total. The van der Waals surface area contributed by atoms with Gasteiger partial charge in [-0.15, -0.1) is 0 Å². The maximum atomic E-state index is 8.56. The molecule has 0 rings (SSSR count). The molecular weight excluding hydrogens is 248 g/mol. The molecule has 10 heavy (non-hydrogen) atoms. The molecule has 0 aliphatic heterocycles. The van der Waals surface area contributed by atoms with E-state index in [1.54, 1.807) is 0 Å². The van der Waals surface area contributed by atoms with Crippen molar-refractivity contribution >= 4 is 95.5 Å². The van der Waals surface area contributed by atoms with E-state index in [1.165, 1.54) is 0 Å². The molecule has 56 valence electrons. The summed E-state index contributed by atoms with van der Waals surface area (Å²) in [6, 6.07) is 0. The standard InChI is InChI=1S/2CH2O3.Ca.Sr.4H/c2*2-1(3)4;;;;;;/h2*(H2,2,3,4);;;;;;. The van der Waals surface area contributed by atoms with Crippen LogP contribution >= 0.6 is 0 Å². The van der Waals surface area contributed by atoms with Crippen LogP contribution in [0.15, 0.2) is 0 Å². The Hall–Kier alpha value is 1.28. The summed E-state index contributed by atoms with van der Waals surface area (Å²) in [5.74, 6) is 0. The number of hydrogen-bond donors (Lipinski definition) is 4. The fourth-order valence-corrected chi connectivity index (χ4v) is 0. The summed E-state index contributed by atoms with van der Waals surface area (Å²) >= 11 is 0. The number of rotatable bonds is 0. The van der Waals surface area contributed by atoms with Gasteiger partial charge in [-0.2, -0.15) is 0 Å². The van der Waals surface area contributed by atoms with Crippen LogP contribution in [0.3, 0.4) is 0 Å². The van der Waals surface area contributed by atoms with Crippen LogP contribution in [0.25, 0.3) is 0 Å². The van der Waals surface area contributed by atoms with Crippen molar-refractivity contribution in [3.05, 3.63) is 0 Å². The molecule has 0 aromatic heterocycles. The van der Waals surface area contributed by atoms with E-state index in [1.807, 2.05) is 0 Å². The van der Waals surface area contributed by atoms with Gasteiger partial charge in [0.25, 0.3) is 0 Å². The Balaban J connectivity index is -0.0000000300. The van der Waals surface area contributed by atoms with Gasteiger partial charge in [0.1, 0.15) is 0 Å². The molecule has 0 atom stereocenters. The van der Waals surface area contributed by atoms with Crippen molar-refractivity contribution in [1.29, 1.82) is 0 Å². The summed E-state index contributed by atoms with van der Waals surface area (Å²) in [7, 11) is 0.